The number of rotatable bonds is 4. The van der Waals surface area contributed by atoms with E-state index in [1.54, 1.807) is 12.1 Å². The van der Waals surface area contributed by atoms with E-state index in [1.165, 1.54) is 12.1 Å². The molecular formula is C20H19FN2O2. The van der Waals surface area contributed by atoms with Crippen LogP contribution in [0.3, 0.4) is 0 Å². The Hall–Kier alpha value is -2.66. The third-order valence-corrected chi connectivity index (χ3v) is 4.55. The normalized spacial score (nSPS) is 17.9. The van der Waals surface area contributed by atoms with Gasteiger partial charge in [0.05, 0.1) is 0 Å². The summed E-state index contributed by atoms with van der Waals surface area (Å²) in [6.45, 7) is 2.16. The van der Waals surface area contributed by atoms with Gasteiger partial charge in [0, 0.05) is 36.8 Å². The fourth-order valence-electron chi connectivity index (χ4n) is 3.32. The molecule has 0 saturated carbocycles. The molecule has 4 nitrogen and oxygen atoms in total. The molecule has 2 heterocycles. The second kappa shape index (κ2) is 6.69. The quantitative estimate of drug-likeness (QED) is 0.794. The first-order valence-corrected chi connectivity index (χ1v) is 8.43. The molecule has 1 aromatic heterocycles. The van der Waals surface area contributed by atoms with Gasteiger partial charge in [-0.15, -0.1) is 0 Å². The summed E-state index contributed by atoms with van der Waals surface area (Å²) in [5.41, 5.74) is 1.56. The minimum Gasteiger partial charge on any atom is -0.489 e. The lowest BCUT2D eigenvalue weighted by Crippen LogP contribution is -2.27. The largest absolute Gasteiger partial charge is 0.489 e. The average Bonchev–Trinajstić information content (AvgIpc) is 3.02. The van der Waals surface area contributed by atoms with Gasteiger partial charge >= 0.3 is 0 Å². The molecule has 2 aromatic carbocycles. The van der Waals surface area contributed by atoms with Crippen LogP contribution in [0.5, 0.6) is 5.75 Å². The maximum atomic E-state index is 13.2. The van der Waals surface area contributed by atoms with Crippen molar-refractivity contribution < 1.29 is 9.13 Å². The van der Waals surface area contributed by atoms with Gasteiger partial charge < -0.3 is 9.72 Å². The molecular weight excluding hydrogens is 319 g/mol. The van der Waals surface area contributed by atoms with E-state index in [0.717, 1.165) is 36.0 Å². The predicted molar refractivity (Wildman–Crippen MR) is 95.3 cm³/mol. The molecule has 3 aromatic rings. The molecule has 1 fully saturated rings. The number of hydrogen-bond acceptors (Lipinski definition) is 3. The van der Waals surface area contributed by atoms with Gasteiger partial charge in [0.15, 0.2) is 0 Å². The third-order valence-electron chi connectivity index (χ3n) is 4.55. The van der Waals surface area contributed by atoms with Crippen molar-refractivity contribution in [3.63, 3.8) is 0 Å². The highest BCUT2D eigenvalue weighted by Crippen LogP contribution is 2.20. The van der Waals surface area contributed by atoms with Crippen molar-refractivity contribution in [1.82, 2.24) is 9.88 Å². The van der Waals surface area contributed by atoms with Crippen LogP contribution in [0.4, 0.5) is 4.39 Å². The summed E-state index contributed by atoms with van der Waals surface area (Å²) in [5.74, 6) is 0.255. The number of likely N-dealkylation sites (tertiary alicyclic amines) is 1. The van der Waals surface area contributed by atoms with E-state index in [-0.39, 0.29) is 17.5 Å². The molecule has 1 aliphatic rings. The van der Waals surface area contributed by atoms with Gasteiger partial charge in [-0.3, -0.25) is 9.69 Å². The fraction of sp³-hybridized carbons (Fsp3) is 0.250. The van der Waals surface area contributed by atoms with E-state index < -0.39 is 0 Å². The Bertz CT molecular complexity index is 954. The summed E-state index contributed by atoms with van der Waals surface area (Å²) in [4.78, 5) is 17.4. The highest BCUT2D eigenvalue weighted by atomic mass is 19.1. The fourth-order valence-corrected chi connectivity index (χ4v) is 3.32. The molecule has 0 radical (unpaired) electrons. The molecule has 1 aliphatic heterocycles. The highest BCUT2D eigenvalue weighted by molar-refractivity contribution is 5.78. The zero-order valence-electron chi connectivity index (χ0n) is 13.7. The summed E-state index contributed by atoms with van der Waals surface area (Å²) in [7, 11) is 0. The number of nitrogens with one attached hydrogen (secondary N) is 1. The van der Waals surface area contributed by atoms with Crippen LogP contribution in [0.2, 0.25) is 0 Å². The molecule has 4 rings (SSSR count). The summed E-state index contributed by atoms with van der Waals surface area (Å²) < 4.78 is 19.1. The van der Waals surface area contributed by atoms with Crippen LogP contribution in [-0.4, -0.2) is 29.1 Å². The number of hydrogen-bond donors (Lipinski definition) is 1. The third kappa shape index (κ3) is 3.56. The number of halogens is 1. The Labute approximate surface area is 144 Å². The van der Waals surface area contributed by atoms with Crippen molar-refractivity contribution >= 4 is 10.9 Å². The number of H-pyrrole nitrogens is 1. The van der Waals surface area contributed by atoms with Gasteiger partial charge in [0.1, 0.15) is 17.7 Å². The lowest BCUT2D eigenvalue weighted by Gasteiger charge is -2.17. The molecule has 1 unspecified atom stereocenters. The highest BCUT2D eigenvalue weighted by Gasteiger charge is 2.24. The van der Waals surface area contributed by atoms with Crippen molar-refractivity contribution in [2.45, 2.75) is 19.1 Å². The maximum absolute atomic E-state index is 13.2. The Morgan fingerprint density at radius 3 is 2.92 bits per heavy atom. The zero-order valence-corrected chi connectivity index (χ0v) is 13.7. The monoisotopic (exact) mass is 338 g/mol. The molecule has 25 heavy (non-hydrogen) atoms. The van der Waals surface area contributed by atoms with Crippen molar-refractivity contribution in [2.24, 2.45) is 0 Å². The molecule has 128 valence electrons. The van der Waals surface area contributed by atoms with E-state index in [0.29, 0.717) is 12.3 Å². The summed E-state index contributed by atoms with van der Waals surface area (Å²) >= 11 is 0. The van der Waals surface area contributed by atoms with Crippen molar-refractivity contribution in [2.75, 3.05) is 13.1 Å². The van der Waals surface area contributed by atoms with Crippen molar-refractivity contribution in [3.05, 3.63) is 76.3 Å². The van der Waals surface area contributed by atoms with E-state index in [9.17, 15) is 9.18 Å². The van der Waals surface area contributed by atoms with Gasteiger partial charge in [-0.05, 0) is 36.1 Å². The SMILES string of the molecule is O=c1[nH]c2ccccc2cc1CN1CCC(Oc2cccc(F)c2)C1. The first kappa shape index (κ1) is 15.8. The molecule has 1 saturated heterocycles. The second-order valence-corrected chi connectivity index (χ2v) is 6.43. The molecule has 0 amide bonds. The van der Waals surface area contributed by atoms with E-state index >= 15 is 0 Å². The minimum absolute atomic E-state index is 0.0151. The second-order valence-electron chi connectivity index (χ2n) is 6.43. The van der Waals surface area contributed by atoms with Gasteiger partial charge in [0.2, 0.25) is 0 Å². The first-order chi connectivity index (χ1) is 12.2. The number of para-hydroxylation sites is 1. The number of fused-ring (bicyclic) bond motifs is 1. The summed E-state index contributed by atoms with van der Waals surface area (Å²) in [5, 5.41) is 1.03. The number of pyridine rings is 1. The van der Waals surface area contributed by atoms with Crippen LogP contribution >= 0.6 is 0 Å². The molecule has 5 heteroatoms. The molecule has 1 N–H and O–H groups in total. The van der Waals surface area contributed by atoms with Crippen LogP contribution in [0.25, 0.3) is 10.9 Å². The van der Waals surface area contributed by atoms with E-state index in [1.807, 2.05) is 30.3 Å². The van der Waals surface area contributed by atoms with Gasteiger partial charge in [0.25, 0.3) is 5.56 Å². The van der Waals surface area contributed by atoms with Crippen LogP contribution in [-0.2, 0) is 6.54 Å². The van der Waals surface area contributed by atoms with E-state index in [2.05, 4.69) is 9.88 Å². The van der Waals surface area contributed by atoms with Crippen LogP contribution < -0.4 is 10.3 Å². The minimum atomic E-state index is -0.296. The lowest BCUT2D eigenvalue weighted by atomic mass is 10.1. The lowest BCUT2D eigenvalue weighted by molar-refractivity contribution is 0.197. The average molecular weight is 338 g/mol. The molecule has 0 aliphatic carbocycles. The van der Waals surface area contributed by atoms with Gasteiger partial charge in [-0.1, -0.05) is 24.3 Å². The van der Waals surface area contributed by atoms with Gasteiger partial charge in [-0.25, -0.2) is 4.39 Å². The zero-order chi connectivity index (χ0) is 17.2. The smallest absolute Gasteiger partial charge is 0.252 e. The number of aromatic nitrogens is 1. The standard InChI is InChI=1S/C20H19FN2O2/c21-16-5-3-6-17(11-16)25-18-8-9-23(13-18)12-15-10-14-4-1-2-7-19(14)22-20(15)24/h1-7,10-11,18H,8-9,12-13H2,(H,22,24). The van der Waals surface area contributed by atoms with E-state index in [4.69, 9.17) is 4.74 Å². The predicted octanol–water partition coefficient (Wildman–Crippen LogP) is 3.32. The number of nitrogens with zero attached hydrogens (tertiary/aromatic N) is 1. The van der Waals surface area contributed by atoms with Crippen molar-refractivity contribution in [1.29, 1.82) is 0 Å². The Morgan fingerprint density at radius 2 is 2.04 bits per heavy atom. The maximum Gasteiger partial charge on any atom is 0.252 e. The van der Waals surface area contributed by atoms with Crippen LogP contribution in [0.15, 0.2) is 59.4 Å². The summed E-state index contributed by atoms with van der Waals surface area (Å²) in [6.07, 6.45) is 0.878. The van der Waals surface area contributed by atoms with Crippen molar-refractivity contribution in [3.8, 4) is 5.75 Å². The first-order valence-electron chi connectivity index (χ1n) is 8.43. The Morgan fingerprint density at radius 1 is 1.16 bits per heavy atom. The van der Waals surface area contributed by atoms with Gasteiger partial charge in [-0.2, -0.15) is 0 Å². The Kier molecular flexibility index (Phi) is 4.24. The molecule has 0 bridgehead atoms. The topological polar surface area (TPSA) is 45.3 Å². The number of aromatic amines is 1. The van der Waals surface area contributed by atoms with Crippen LogP contribution in [0.1, 0.15) is 12.0 Å². The molecule has 1 atom stereocenters. The summed E-state index contributed by atoms with van der Waals surface area (Å²) in [6, 6.07) is 15.9. The van der Waals surface area contributed by atoms with Crippen LogP contribution in [0, 0.1) is 5.82 Å². The molecule has 0 spiro atoms. The number of ether oxygens (including phenoxy) is 1. The number of benzene rings is 2. The Balaban J connectivity index is 1.44.